The molecule has 0 bridgehead atoms. The maximum Gasteiger partial charge on any atom is 0.364 e. The van der Waals surface area contributed by atoms with Crippen LogP contribution in [-0.4, -0.2) is 73.4 Å². The van der Waals surface area contributed by atoms with E-state index in [1.165, 1.54) is 0 Å². The van der Waals surface area contributed by atoms with Crippen LogP contribution in [0.5, 0.6) is 0 Å². The normalized spacial score (nSPS) is 41.7. The number of rotatable bonds is 3. The topological polar surface area (TPSA) is 148 Å². The van der Waals surface area contributed by atoms with E-state index in [9.17, 15) is 25.2 Å². The largest absolute Gasteiger partial charge is 0.477 e. The van der Waals surface area contributed by atoms with Crippen LogP contribution in [-0.2, 0) is 9.53 Å². The summed E-state index contributed by atoms with van der Waals surface area (Å²) in [6, 6.07) is 0. The highest BCUT2D eigenvalue weighted by Gasteiger charge is 2.52. The molecular formula is C8H14O8. The van der Waals surface area contributed by atoms with E-state index < -0.39 is 49.2 Å². The van der Waals surface area contributed by atoms with Gasteiger partial charge in [-0.25, -0.2) is 4.79 Å². The first-order valence-corrected chi connectivity index (χ1v) is 4.60. The molecule has 1 aliphatic rings. The second-order valence-corrected chi connectivity index (χ2v) is 3.68. The van der Waals surface area contributed by atoms with Crippen LogP contribution in [0.15, 0.2) is 0 Å². The number of aliphatic hydroxyl groups excluding tert-OH is 4. The van der Waals surface area contributed by atoms with Gasteiger partial charge in [-0.1, -0.05) is 0 Å². The highest BCUT2D eigenvalue weighted by atomic mass is 16.7. The fourth-order valence-corrected chi connectivity index (χ4v) is 1.51. The first-order valence-electron chi connectivity index (χ1n) is 4.60. The van der Waals surface area contributed by atoms with Gasteiger partial charge in [0.1, 0.15) is 18.3 Å². The summed E-state index contributed by atoms with van der Waals surface area (Å²) in [5, 5.41) is 54.7. The minimum atomic E-state index is -2.68. The number of ether oxygens (including phenoxy) is 1. The molecule has 1 fully saturated rings. The van der Waals surface area contributed by atoms with Crippen LogP contribution in [0, 0.1) is 0 Å². The van der Waals surface area contributed by atoms with Crippen LogP contribution >= 0.6 is 0 Å². The van der Waals surface area contributed by atoms with Crippen LogP contribution in [0.4, 0.5) is 0 Å². The number of carboxylic acid groups (broad SMARTS) is 1. The van der Waals surface area contributed by atoms with Crippen molar-refractivity contribution >= 4 is 5.97 Å². The third-order valence-electron chi connectivity index (χ3n) is 2.45. The Morgan fingerprint density at radius 3 is 2.50 bits per heavy atom. The molecule has 1 aliphatic heterocycles. The highest BCUT2D eigenvalue weighted by Crippen LogP contribution is 2.29. The van der Waals surface area contributed by atoms with Gasteiger partial charge in [0.25, 0.3) is 5.79 Å². The fraction of sp³-hybridized carbons (Fsp3) is 0.875. The lowest BCUT2D eigenvalue weighted by atomic mass is 9.93. The molecule has 16 heavy (non-hydrogen) atoms. The van der Waals surface area contributed by atoms with E-state index in [4.69, 9.17) is 10.2 Å². The standard InChI is InChI=1S/C8H14O8/c9-2-4(11)6-5(12)3(10)1-8(15,16-6)7(13)14/h3-6,9-12,15H,1-2H2,(H,13,14)/t3-,4-,5-,6-,8-/m1/s1. The van der Waals surface area contributed by atoms with Crippen molar-refractivity contribution in [2.24, 2.45) is 0 Å². The van der Waals surface area contributed by atoms with Gasteiger partial charge in [0.15, 0.2) is 0 Å². The number of carbonyl (C=O) groups is 1. The van der Waals surface area contributed by atoms with E-state index in [1.807, 2.05) is 0 Å². The zero-order valence-corrected chi connectivity index (χ0v) is 8.22. The lowest BCUT2D eigenvalue weighted by molar-refractivity contribution is -0.308. The Bertz CT molecular complexity index is 269. The second-order valence-electron chi connectivity index (χ2n) is 3.68. The van der Waals surface area contributed by atoms with E-state index >= 15 is 0 Å². The van der Waals surface area contributed by atoms with Gasteiger partial charge in [0.2, 0.25) is 0 Å². The summed E-state index contributed by atoms with van der Waals surface area (Å²) in [4.78, 5) is 10.7. The first kappa shape index (κ1) is 13.3. The molecule has 8 heteroatoms. The van der Waals surface area contributed by atoms with E-state index in [1.54, 1.807) is 0 Å². The molecule has 5 atom stereocenters. The van der Waals surface area contributed by atoms with Crippen LogP contribution < -0.4 is 0 Å². The molecule has 1 saturated heterocycles. The Morgan fingerprint density at radius 2 is 2.06 bits per heavy atom. The van der Waals surface area contributed by atoms with E-state index in [0.29, 0.717) is 0 Å². The summed E-state index contributed by atoms with van der Waals surface area (Å²) in [5.74, 6) is -4.42. The number of hydrogen-bond donors (Lipinski definition) is 6. The highest BCUT2D eigenvalue weighted by molar-refractivity contribution is 5.75. The molecule has 0 amide bonds. The molecular weight excluding hydrogens is 224 g/mol. The molecule has 6 N–H and O–H groups in total. The molecule has 8 nitrogen and oxygen atoms in total. The van der Waals surface area contributed by atoms with Crippen molar-refractivity contribution in [1.29, 1.82) is 0 Å². The predicted molar refractivity (Wildman–Crippen MR) is 47.2 cm³/mol. The van der Waals surface area contributed by atoms with Gasteiger partial charge in [0.05, 0.1) is 12.7 Å². The Hall–Kier alpha value is -0.770. The Morgan fingerprint density at radius 1 is 1.50 bits per heavy atom. The molecule has 0 aromatic heterocycles. The van der Waals surface area contributed by atoms with Crippen molar-refractivity contribution in [3.8, 4) is 0 Å². The van der Waals surface area contributed by atoms with Crippen LogP contribution in [0.1, 0.15) is 6.42 Å². The monoisotopic (exact) mass is 238 g/mol. The molecule has 0 radical (unpaired) electrons. The Balaban J connectivity index is 2.89. The van der Waals surface area contributed by atoms with E-state index in [-0.39, 0.29) is 0 Å². The van der Waals surface area contributed by atoms with Crippen molar-refractivity contribution in [2.75, 3.05) is 6.61 Å². The number of hydrogen-bond acceptors (Lipinski definition) is 7. The van der Waals surface area contributed by atoms with Crippen molar-refractivity contribution < 1.29 is 40.2 Å². The number of aliphatic hydroxyl groups is 5. The number of carboxylic acids is 1. The summed E-state index contributed by atoms with van der Waals surface area (Å²) in [6.45, 7) is -0.801. The molecule has 0 saturated carbocycles. The molecule has 1 rings (SSSR count). The van der Waals surface area contributed by atoms with Gasteiger partial charge < -0.3 is 35.4 Å². The minimum Gasteiger partial charge on any atom is -0.477 e. The molecule has 0 aromatic carbocycles. The van der Waals surface area contributed by atoms with Gasteiger partial charge in [-0.2, -0.15) is 0 Å². The van der Waals surface area contributed by atoms with Crippen LogP contribution in [0.2, 0.25) is 0 Å². The molecule has 1 heterocycles. The zero-order chi connectivity index (χ0) is 12.5. The maximum atomic E-state index is 10.7. The first-order chi connectivity index (χ1) is 7.31. The zero-order valence-electron chi connectivity index (χ0n) is 8.22. The van der Waals surface area contributed by atoms with Crippen molar-refractivity contribution in [3.05, 3.63) is 0 Å². The summed E-state index contributed by atoms with van der Waals surface area (Å²) in [6.07, 6.45) is -7.05. The fourth-order valence-electron chi connectivity index (χ4n) is 1.51. The average molecular weight is 238 g/mol. The Labute approximate surface area is 90.3 Å². The van der Waals surface area contributed by atoms with Crippen molar-refractivity contribution in [3.63, 3.8) is 0 Å². The predicted octanol–water partition coefficient (Wildman–Crippen LogP) is -3.38. The number of aliphatic carboxylic acids is 1. The lowest BCUT2D eigenvalue weighted by Crippen LogP contribution is -2.61. The van der Waals surface area contributed by atoms with Crippen molar-refractivity contribution in [1.82, 2.24) is 0 Å². The molecule has 0 aliphatic carbocycles. The third-order valence-corrected chi connectivity index (χ3v) is 2.45. The van der Waals surface area contributed by atoms with Crippen LogP contribution in [0.25, 0.3) is 0 Å². The van der Waals surface area contributed by atoms with Gasteiger partial charge in [0, 0.05) is 6.42 Å². The summed E-state index contributed by atoms with van der Waals surface area (Å²) in [5.41, 5.74) is 0. The van der Waals surface area contributed by atoms with Gasteiger partial charge in [-0.05, 0) is 0 Å². The van der Waals surface area contributed by atoms with E-state index in [2.05, 4.69) is 4.74 Å². The van der Waals surface area contributed by atoms with Gasteiger partial charge in [-0.15, -0.1) is 0 Å². The van der Waals surface area contributed by atoms with E-state index in [0.717, 1.165) is 0 Å². The molecule has 0 aromatic rings. The molecule has 94 valence electrons. The smallest absolute Gasteiger partial charge is 0.364 e. The SMILES string of the molecule is O=C(O)[C@@]1(O)C[C@@H](O)[C@@H](O)[C@@H]([C@H](O)CO)O1. The van der Waals surface area contributed by atoms with Gasteiger partial charge in [-0.3, -0.25) is 0 Å². The summed E-state index contributed by atoms with van der Waals surface area (Å²) >= 11 is 0. The second kappa shape index (κ2) is 4.62. The van der Waals surface area contributed by atoms with Gasteiger partial charge >= 0.3 is 5.97 Å². The molecule has 0 spiro atoms. The third kappa shape index (κ3) is 2.32. The quantitative estimate of drug-likeness (QED) is 0.298. The molecule has 0 unspecified atom stereocenters. The Kier molecular flexibility index (Phi) is 3.84. The van der Waals surface area contributed by atoms with Crippen LogP contribution in [0.3, 0.4) is 0 Å². The average Bonchev–Trinajstić information content (AvgIpc) is 2.22. The summed E-state index contributed by atoms with van der Waals surface area (Å²) in [7, 11) is 0. The minimum absolute atomic E-state index is 0.724. The lowest BCUT2D eigenvalue weighted by Gasteiger charge is -2.41. The maximum absolute atomic E-state index is 10.7. The summed E-state index contributed by atoms with van der Waals surface area (Å²) < 4.78 is 4.61. The van der Waals surface area contributed by atoms with Crippen molar-refractivity contribution in [2.45, 2.75) is 36.6 Å².